The van der Waals surface area contributed by atoms with E-state index in [0.29, 0.717) is 6.04 Å². The average Bonchev–Trinajstić information content (AvgIpc) is 3.23. The van der Waals surface area contributed by atoms with Crippen molar-refractivity contribution in [2.24, 2.45) is 0 Å². The summed E-state index contributed by atoms with van der Waals surface area (Å²) in [6, 6.07) is 2.61. The van der Waals surface area contributed by atoms with Crippen molar-refractivity contribution in [3.63, 3.8) is 0 Å². The second-order valence-corrected chi connectivity index (χ2v) is 5.27. The van der Waals surface area contributed by atoms with Crippen LogP contribution in [-0.4, -0.2) is 16.5 Å². The molecule has 2 heterocycles. The van der Waals surface area contributed by atoms with E-state index >= 15 is 0 Å². The maximum atomic E-state index is 4.79. The lowest BCUT2D eigenvalue weighted by atomic mass is 10.0. The van der Waals surface area contributed by atoms with Crippen LogP contribution in [0.1, 0.15) is 68.2 Å². The molecular formula is C14H21N3. The van der Waals surface area contributed by atoms with Crippen molar-refractivity contribution in [3.8, 4) is 0 Å². The van der Waals surface area contributed by atoms with Crippen molar-refractivity contribution >= 4 is 0 Å². The Kier molecular flexibility index (Phi) is 3.10. The first kappa shape index (κ1) is 11.1. The number of nitrogens with one attached hydrogen (secondary N) is 1. The van der Waals surface area contributed by atoms with Crippen molar-refractivity contribution in [2.45, 2.75) is 57.4 Å². The Balaban J connectivity index is 1.88. The summed E-state index contributed by atoms with van der Waals surface area (Å²) < 4.78 is 0. The van der Waals surface area contributed by atoms with Crippen LogP contribution < -0.4 is 5.32 Å². The first-order chi connectivity index (χ1) is 8.36. The van der Waals surface area contributed by atoms with Gasteiger partial charge in [0.25, 0.3) is 0 Å². The van der Waals surface area contributed by atoms with Crippen LogP contribution in [0.3, 0.4) is 0 Å². The Morgan fingerprint density at radius 1 is 1.24 bits per heavy atom. The average molecular weight is 231 g/mol. The second-order valence-electron chi connectivity index (χ2n) is 5.27. The Bertz CT molecular complexity index is 392. The van der Waals surface area contributed by atoms with Crippen molar-refractivity contribution in [1.82, 2.24) is 15.3 Å². The van der Waals surface area contributed by atoms with Crippen LogP contribution in [0.2, 0.25) is 0 Å². The number of nitrogens with zero attached hydrogens (tertiary/aromatic N) is 2. The van der Waals surface area contributed by atoms with E-state index in [1.807, 2.05) is 0 Å². The lowest BCUT2D eigenvalue weighted by molar-refractivity contribution is 0.395. The van der Waals surface area contributed by atoms with Gasteiger partial charge in [-0.1, -0.05) is 13.3 Å². The zero-order chi connectivity index (χ0) is 11.7. The molecule has 0 aromatic carbocycles. The Labute approximate surface area is 103 Å². The summed E-state index contributed by atoms with van der Waals surface area (Å²) in [6.45, 7) is 3.29. The van der Waals surface area contributed by atoms with E-state index in [1.165, 1.54) is 43.5 Å². The number of hydrogen-bond acceptors (Lipinski definition) is 3. The monoisotopic (exact) mass is 231 g/mol. The van der Waals surface area contributed by atoms with Crippen molar-refractivity contribution < 1.29 is 0 Å². The summed E-state index contributed by atoms with van der Waals surface area (Å²) in [5.74, 6) is 1.77. The summed E-state index contributed by atoms with van der Waals surface area (Å²) in [7, 11) is 0. The van der Waals surface area contributed by atoms with Gasteiger partial charge in [0.05, 0.1) is 6.04 Å². The number of rotatable bonds is 3. The molecule has 1 aromatic rings. The number of piperidine rings is 1. The van der Waals surface area contributed by atoms with E-state index in [-0.39, 0.29) is 0 Å². The van der Waals surface area contributed by atoms with Crippen LogP contribution in [0.4, 0.5) is 0 Å². The number of hydrogen-bond donors (Lipinski definition) is 1. The Hall–Kier alpha value is -0.960. The van der Waals surface area contributed by atoms with Crippen LogP contribution in [0.5, 0.6) is 0 Å². The van der Waals surface area contributed by atoms with Crippen LogP contribution in [0, 0.1) is 0 Å². The SMILES string of the molecule is CCc1cc(C2CC2)nc(C2CCCCN2)n1. The van der Waals surface area contributed by atoms with Crippen molar-refractivity contribution in [1.29, 1.82) is 0 Å². The van der Waals surface area contributed by atoms with Gasteiger partial charge in [-0.2, -0.15) is 0 Å². The van der Waals surface area contributed by atoms with Crippen molar-refractivity contribution in [3.05, 3.63) is 23.3 Å². The normalized spacial score (nSPS) is 24.9. The smallest absolute Gasteiger partial charge is 0.145 e. The first-order valence-corrected chi connectivity index (χ1v) is 6.98. The highest BCUT2D eigenvalue weighted by molar-refractivity contribution is 5.20. The molecule has 17 heavy (non-hydrogen) atoms. The third-order valence-electron chi connectivity index (χ3n) is 3.80. The number of aromatic nitrogens is 2. The molecule has 1 saturated carbocycles. The lowest BCUT2D eigenvalue weighted by Crippen LogP contribution is -2.28. The molecule has 2 aliphatic rings. The van der Waals surface area contributed by atoms with Gasteiger partial charge in [-0.25, -0.2) is 9.97 Å². The van der Waals surface area contributed by atoms with Gasteiger partial charge in [0.2, 0.25) is 0 Å². The fraction of sp³-hybridized carbons (Fsp3) is 0.714. The summed E-state index contributed by atoms with van der Waals surface area (Å²) >= 11 is 0. The first-order valence-electron chi connectivity index (χ1n) is 6.98. The molecule has 3 heteroatoms. The van der Waals surface area contributed by atoms with E-state index in [2.05, 4.69) is 18.3 Å². The van der Waals surface area contributed by atoms with Crippen LogP contribution >= 0.6 is 0 Å². The molecule has 1 saturated heterocycles. The van der Waals surface area contributed by atoms with E-state index in [0.717, 1.165) is 24.7 Å². The maximum Gasteiger partial charge on any atom is 0.145 e. The van der Waals surface area contributed by atoms with E-state index in [9.17, 15) is 0 Å². The molecule has 1 N–H and O–H groups in total. The highest BCUT2D eigenvalue weighted by Gasteiger charge is 2.27. The topological polar surface area (TPSA) is 37.8 Å². The fourth-order valence-corrected chi connectivity index (χ4v) is 2.54. The molecule has 0 bridgehead atoms. The molecule has 3 nitrogen and oxygen atoms in total. The van der Waals surface area contributed by atoms with Crippen LogP contribution in [-0.2, 0) is 6.42 Å². The standard InChI is InChI=1S/C14H21N3/c1-2-11-9-13(10-6-7-10)17-14(16-11)12-5-3-4-8-15-12/h9-10,12,15H,2-8H2,1H3. The molecule has 1 aliphatic heterocycles. The molecule has 0 amide bonds. The largest absolute Gasteiger partial charge is 0.307 e. The van der Waals surface area contributed by atoms with Gasteiger partial charge in [0, 0.05) is 17.3 Å². The highest BCUT2D eigenvalue weighted by Crippen LogP contribution is 2.39. The molecule has 1 aliphatic carbocycles. The molecule has 92 valence electrons. The fourth-order valence-electron chi connectivity index (χ4n) is 2.54. The minimum atomic E-state index is 0.396. The van der Waals surface area contributed by atoms with Gasteiger partial charge >= 0.3 is 0 Å². The molecule has 1 unspecified atom stereocenters. The zero-order valence-electron chi connectivity index (χ0n) is 10.6. The predicted molar refractivity (Wildman–Crippen MR) is 68.0 cm³/mol. The quantitative estimate of drug-likeness (QED) is 0.869. The maximum absolute atomic E-state index is 4.79. The zero-order valence-corrected chi connectivity index (χ0v) is 10.6. The van der Waals surface area contributed by atoms with Crippen molar-refractivity contribution in [2.75, 3.05) is 6.54 Å². The van der Waals surface area contributed by atoms with Gasteiger partial charge in [0.1, 0.15) is 5.82 Å². The second kappa shape index (κ2) is 4.73. The van der Waals surface area contributed by atoms with Crippen LogP contribution in [0.15, 0.2) is 6.07 Å². The van der Waals surface area contributed by atoms with Gasteiger partial charge in [-0.05, 0) is 44.7 Å². The van der Waals surface area contributed by atoms with E-state index in [1.54, 1.807) is 0 Å². The van der Waals surface area contributed by atoms with Gasteiger partial charge in [-0.15, -0.1) is 0 Å². The van der Waals surface area contributed by atoms with Gasteiger partial charge < -0.3 is 5.32 Å². The predicted octanol–water partition coefficient (Wildman–Crippen LogP) is 2.73. The molecule has 0 radical (unpaired) electrons. The summed E-state index contributed by atoms with van der Waals surface area (Å²) in [5, 5.41) is 3.55. The molecule has 1 atom stereocenters. The molecule has 0 spiro atoms. The lowest BCUT2D eigenvalue weighted by Gasteiger charge is -2.23. The molecular weight excluding hydrogens is 210 g/mol. The van der Waals surface area contributed by atoms with Gasteiger partial charge in [-0.3, -0.25) is 0 Å². The highest BCUT2D eigenvalue weighted by atomic mass is 15.0. The minimum Gasteiger partial charge on any atom is -0.307 e. The van der Waals surface area contributed by atoms with E-state index < -0.39 is 0 Å². The summed E-state index contributed by atoms with van der Waals surface area (Å²) in [4.78, 5) is 9.51. The van der Waals surface area contributed by atoms with E-state index in [4.69, 9.17) is 9.97 Å². The molecule has 2 fully saturated rings. The Morgan fingerprint density at radius 2 is 2.12 bits per heavy atom. The third kappa shape index (κ3) is 2.49. The summed E-state index contributed by atoms with van der Waals surface area (Å²) in [5.41, 5.74) is 2.50. The van der Waals surface area contributed by atoms with Gasteiger partial charge in [0.15, 0.2) is 0 Å². The number of aryl methyl sites for hydroxylation is 1. The molecule has 3 rings (SSSR count). The molecule has 1 aromatic heterocycles. The Morgan fingerprint density at radius 3 is 2.76 bits per heavy atom. The third-order valence-corrected chi connectivity index (χ3v) is 3.80. The minimum absolute atomic E-state index is 0.396. The summed E-state index contributed by atoms with van der Waals surface area (Å²) in [6.07, 6.45) is 7.43. The van der Waals surface area contributed by atoms with Crippen LogP contribution in [0.25, 0.3) is 0 Å².